The maximum absolute atomic E-state index is 13.4. The lowest BCUT2D eigenvalue weighted by Crippen LogP contribution is -2.51. The summed E-state index contributed by atoms with van der Waals surface area (Å²) in [6, 6.07) is 3.42. The van der Waals surface area contributed by atoms with E-state index >= 15 is 0 Å². The van der Waals surface area contributed by atoms with Crippen molar-refractivity contribution in [2.45, 2.75) is 0 Å². The van der Waals surface area contributed by atoms with Gasteiger partial charge in [0, 0.05) is 37.8 Å². The normalized spacial score (nSPS) is 17.1. The standard InChI is InChI=1S/C13H15F2N3O3S/c14-11-2-1-3-12(15)10(11)4-5-13(19)17-6-8-18(9-7-17)22(16,20)21/h1-5H,6-9H2,(H2,16,20,21). The van der Waals surface area contributed by atoms with E-state index in [-0.39, 0.29) is 31.7 Å². The highest BCUT2D eigenvalue weighted by Crippen LogP contribution is 2.14. The Balaban J connectivity index is 2.01. The number of carbonyl (C=O) groups excluding carboxylic acids is 1. The molecule has 1 aliphatic heterocycles. The fourth-order valence-electron chi connectivity index (χ4n) is 2.09. The summed E-state index contributed by atoms with van der Waals surface area (Å²) >= 11 is 0. The molecule has 22 heavy (non-hydrogen) atoms. The highest BCUT2D eigenvalue weighted by Gasteiger charge is 2.25. The maximum atomic E-state index is 13.4. The van der Waals surface area contributed by atoms with Crippen LogP contribution in [0.2, 0.25) is 0 Å². The first-order valence-electron chi connectivity index (χ1n) is 6.48. The van der Waals surface area contributed by atoms with Gasteiger partial charge in [-0.3, -0.25) is 4.79 Å². The highest BCUT2D eigenvalue weighted by atomic mass is 32.2. The van der Waals surface area contributed by atoms with Gasteiger partial charge in [-0.15, -0.1) is 0 Å². The van der Waals surface area contributed by atoms with Gasteiger partial charge < -0.3 is 4.90 Å². The molecule has 120 valence electrons. The molecule has 1 aliphatic rings. The molecule has 2 rings (SSSR count). The fourth-order valence-corrected chi connectivity index (χ4v) is 2.77. The number of halogens is 2. The zero-order valence-corrected chi connectivity index (χ0v) is 12.4. The van der Waals surface area contributed by atoms with Gasteiger partial charge in [0.1, 0.15) is 11.6 Å². The van der Waals surface area contributed by atoms with Gasteiger partial charge in [0.25, 0.3) is 10.2 Å². The van der Waals surface area contributed by atoms with Gasteiger partial charge in [-0.2, -0.15) is 12.7 Å². The minimum absolute atomic E-state index is 0.0898. The van der Waals surface area contributed by atoms with E-state index in [0.717, 1.165) is 28.6 Å². The Labute approximate surface area is 127 Å². The molecule has 0 spiro atoms. The predicted molar refractivity (Wildman–Crippen MR) is 76.7 cm³/mol. The van der Waals surface area contributed by atoms with Gasteiger partial charge in [-0.05, 0) is 18.2 Å². The Kier molecular flexibility index (Phi) is 4.89. The summed E-state index contributed by atoms with van der Waals surface area (Å²) in [4.78, 5) is 13.3. The van der Waals surface area contributed by atoms with Gasteiger partial charge >= 0.3 is 0 Å². The second-order valence-corrected chi connectivity index (χ2v) is 6.28. The van der Waals surface area contributed by atoms with E-state index < -0.39 is 27.8 Å². The first-order valence-corrected chi connectivity index (χ1v) is 7.98. The van der Waals surface area contributed by atoms with Gasteiger partial charge in [-0.1, -0.05) is 6.07 Å². The van der Waals surface area contributed by atoms with Crippen LogP contribution in [0, 0.1) is 11.6 Å². The number of carbonyl (C=O) groups is 1. The summed E-state index contributed by atoms with van der Waals surface area (Å²) in [6.45, 7) is 0.512. The van der Waals surface area contributed by atoms with E-state index in [9.17, 15) is 22.0 Å². The summed E-state index contributed by atoms with van der Waals surface area (Å²) in [5.41, 5.74) is -0.293. The van der Waals surface area contributed by atoms with E-state index in [1.54, 1.807) is 0 Å². The number of nitrogens with zero attached hydrogens (tertiary/aromatic N) is 2. The Morgan fingerprint density at radius 1 is 1.14 bits per heavy atom. The first-order chi connectivity index (χ1) is 10.3. The van der Waals surface area contributed by atoms with Gasteiger partial charge in [0.2, 0.25) is 5.91 Å². The molecule has 0 radical (unpaired) electrons. The van der Waals surface area contributed by atoms with Crippen LogP contribution in [-0.2, 0) is 15.0 Å². The Morgan fingerprint density at radius 3 is 2.18 bits per heavy atom. The van der Waals surface area contributed by atoms with Crippen molar-refractivity contribution in [2.24, 2.45) is 5.14 Å². The highest BCUT2D eigenvalue weighted by molar-refractivity contribution is 7.86. The number of nitrogens with two attached hydrogens (primary N) is 1. The van der Waals surface area contributed by atoms with Crippen LogP contribution in [0.1, 0.15) is 5.56 Å². The molecule has 1 aromatic carbocycles. The van der Waals surface area contributed by atoms with Gasteiger partial charge in [0.15, 0.2) is 0 Å². The lowest BCUT2D eigenvalue weighted by molar-refractivity contribution is -0.127. The number of hydrogen-bond donors (Lipinski definition) is 1. The molecule has 1 saturated heterocycles. The van der Waals surface area contributed by atoms with Crippen molar-refractivity contribution in [2.75, 3.05) is 26.2 Å². The molecular formula is C13H15F2N3O3S. The minimum Gasteiger partial charge on any atom is -0.337 e. The number of amides is 1. The average Bonchev–Trinajstić information content (AvgIpc) is 2.46. The van der Waals surface area contributed by atoms with E-state index in [4.69, 9.17) is 5.14 Å². The summed E-state index contributed by atoms with van der Waals surface area (Å²) in [7, 11) is -3.76. The topological polar surface area (TPSA) is 83.7 Å². The minimum atomic E-state index is -3.76. The number of rotatable bonds is 3. The van der Waals surface area contributed by atoms with Crippen LogP contribution < -0.4 is 5.14 Å². The first kappa shape index (κ1) is 16.5. The average molecular weight is 331 g/mol. The summed E-state index contributed by atoms with van der Waals surface area (Å²) in [6.07, 6.45) is 2.13. The monoisotopic (exact) mass is 331 g/mol. The van der Waals surface area contributed by atoms with Crippen molar-refractivity contribution in [3.05, 3.63) is 41.5 Å². The van der Waals surface area contributed by atoms with Crippen molar-refractivity contribution < 1.29 is 22.0 Å². The Bertz CT molecular complexity index is 678. The molecule has 0 aromatic heterocycles. The molecule has 0 unspecified atom stereocenters. The van der Waals surface area contributed by atoms with Crippen LogP contribution in [-0.4, -0.2) is 49.7 Å². The largest absolute Gasteiger partial charge is 0.337 e. The molecular weight excluding hydrogens is 316 g/mol. The molecule has 6 nitrogen and oxygen atoms in total. The molecule has 0 saturated carbocycles. The van der Waals surface area contributed by atoms with Gasteiger partial charge in [-0.25, -0.2) is 13.9 Å². The Hall–Kier alpha value is -1.84. The maximum Gasteiger partial charge on any atom is 0.277 e. The lowest BCUT2D eigenvalue weighted by atomic mass is 10.2. The Morgan fingerprint density at radius 2 is 1.68 bits per heavy atom. The van der Waals surface area contributed by atoms with Crippen LogP contribution in [0.3, 0.4) is 0 Å². The quantitative estimate of drug-likeness (QED) is 0.810. The van der Waals surface area contributed by atoms with E-state index in [0.29, 0.717) is 0 Å². The molecule has 1 amide bonds. The van der Waals surface area contributed by atoms with E-state index in [1.807, 2.05) is 0 Å². The van der Waals surface area contributed by atoms with E-state index in [2.05, 4.69) is 0 Å². The molecule has 0 atom stereocenters. The van der Waals surface area contributed by atoms with Crippen molar-refractivity contribution in [3.8, 4) is 0 Å². The molecule has 9 heteroatoms. The second kappa shape index (κ2) is 6.51. The number of piperazine rings is 1. The van der Waals surface area contributed by atoms with Crippen LogP contribution in [0.15, 0.2) is 24.3 Å². The summed E-state index contributed by atoms with van der Waals surface area (Å²) in [5, 5.41) is 5.00. The van der Waals surface area contributed by atoms with Crippen molar-refractivity contribution in [3.63, 3.8) is 0 Å². The number of hydrogen-bond acceptors (Lipinski definition) is 3. The number of benzene rings is 1. The molecule has 1 fully saturated rings. The van der Waals surface area contributed by atoms with Gasteiger partial charge in [0.05, 0.1) is 0 Å². The SMILES string of the molecule is NS(=O)(=O)N1CCN(C(=O)C=Cc2c(F)cccc2F)CC1. The van der Waals surface area contributed by atoms with Crippen molar-refractivity contribution in [1.29, 1.82) is 0 Å². The predicted octanol–water partition coefficient (Wildman–Crippen LogP) is 0.326. The summed E-state index contributed by atoms with van der Waals surface area (Å²) in [5.74, 6) is -1.97. The lowest BCUT2D eigenvalue weighted by Gasteiger charge is -2.32. The van der Waals surface area contributed by atoms with Crippen molar-refractivity contribution >= 4 is 22.2 Å². The third-order valence-electron chi connectivity index (χ3n) is 3.30. The molecule has 0 bridgehead atoms. The van der Waals surface area contributed by atoms with Crippen LogP contribution >= 0.6 is 0 Å². The summed E-state index contributed by atoms with van der Waals surface area (Å²) < 4.78 is 50.2. The fraction of sp³-hybridized carbons (Fsp3) is 0.308. The van der Waals surface area contributed by atoms with Crippen LogP contribution in [0.25, 0.3) is 6.08 Å². The third-order valence-corrected chi connectivity index (χ3v) is 4.39. The van der Waals surface area contributed by atoms with Crippen LogP contribution in [0.5, 0.6) is 0 Å². The zero-order chi connectivity index (χ0) is 16.3. The molecule has 2 N–H and O–H groups in total. The molecule has 0 aliphatic carbocycles. The van der Waals surface area contributed by atoms with Crippen molar-refractivity contribution in [1.82, 2.24) is 9.21 Å². The molecule has 1 heterocycles. The zero-order valence-electron chi connectivity index (χ0n) is 11.6. The van der Waals surface area contributed by atoms with Crippen LogP contribution in [0.4, 0.5) is 8.78 Å². The third kappa shape index (κ3) is 3.87. The second-order valence-electron chi connectivity index (χ2n) is 4.74. The van der Waals surface area contributed by atoms with E-state index in [1.165, 1.54) is 11.0 Å². The molecule has 1 aromatic rings. The smallest absolute Gasteiger partial charge is 0.277 e.